The molecule has 5 heteroatoms. The Hall–Kier alpha value is -2.69. The molecule has 21 heavy (non-hydrogen) atoms. The summed E-state index contributed by atoms with van der Waals surface area (Å²) in [5.41, 5.74) is 1.36. The molecule has 0 aliphatic rings. The summed E-state index contributed by atoms with van der Waals surface area (Å²) in [5.74, 6) is 0.265. The van der Waals surface area contributed by atoms with E-state index in [4.69, 9.17) is 4.74 Å². The zero-order chi connectivity index (χ0) is 14.7. The van der Waals surface area contributed by atoms with Crippen LogP contribution < -0.4 is 10.3 Å². The Labute approximate surface area is 120 Å². The number of aromatic nitrogens is 2. The van der Waals surface area contributed by atoms with E-state index in [1.165, 1.54) is 18.3 Å². The zero-order valence-electron chi connectivity index (χ0n) is 11.2. The maximum atomic E-state index is 12.8. The lowest BCUT2D eigenvalue weighted by Crippen LogP contribution is -2.23. The lowest BCUT2D eigenvalue weighted by Gasteiger charge is -2.10. The lowest BCUT2D eigenvalue weighted by molar-refractivity contribution is 0.298. The highest BCUT2D eigenvalue weighted by Gasteiger charge is 2.03. The second-order valence-electron chi connectivity index (χ2n) is 4.54. The summed E-state index contributed by atoms with van der Waals surface area (Å²) in [6.45, 7) is 0.721. The highest BCUT2D eigenvalue weighted by molar-refractivity contribution is 5.74. The van der Waals surface area contributed by atoms with Crippen LogP contribution in [0.4, 0.5) is 4.39 Å². The predicted molar refractivity (Wildman–Crippen MR) is 77.9 cm³/mol. The summed E-state index contributed by atoms with van der Waals surface area (Å²) in [6.07, 6.45) is 1.31. The molecule has 4 nitrogen and oxygen atoms in total. The van der Waals surface area contributed by atoms with Crippen molar-refractivity contribution in [3.8, 4) is 5.75 Å². The molecule has 1 heterocycles. The molecule has 0 bridgehead atoms. The Bertz CT molecular complexity index is 812. The van der Waals surface area contributed by atoms with Crippen molar-refractivity contribution in [1.29, 1.82) is 0 Å². The monoisotopic (exact) mass is 284 g/mol. The number of para-hydroxylation sites is 2. The smallest absolute Gasteiger partial charge is 0.269 e. The lowest BCUT2D eigenvalue weighted by atomic mass is 10.3. The van der Waals surface area contributed by atoms with Crippen molar-refractivity contribution < 1.29 is 9.13 Å². The van der Waals surface area contributed by atoms with Gasteiger partial charge in [0.1, 0.15) is 18.2 Å². The molecule has 106 valence electrons. The number of benzene rings is 2. The molecular weight excluding hydrogens is 271 g/mol. The number of ether oxygens (including phenoxy) is 1. The van der Waals surface area contributed by atoms with E-state index in [1.54, 1.807) is 16.7 Å². The SMILES string of the molecule is O=c1cnc2ccccc2n1CCOc1ccc(F)cc1. The van der Waals surface area contributed by atoms with Crippen LogP contribution in [-0.4, -0.2) is 16.2 Å². The van der Waals surface area contributed by atoms with Gasteiger partial charge in [-0.25, -0.2) is 9.37 Å². The molecule has 0 spiro atoms. The molecule has 0 amide bonds. The molecule has 0 fully saturated rings. The molecule has 0 saturated carbocycles. The summed E-state index contributed by atoms with van der Waals surface area (Å²) >= 11 is 0. The van der Waals surface area contributed by atoms with E-state index in [0.29, 0.717) is 18.9 Å². The fraction of sp³-hybridized carbons (Fsp3) is 0.125. The molecule has 0 atom stereocenters. The molecular formula is C16H13FN2O2. The van der Waals surface area contributed by atoms with Crippen molar-refractivity contribution in [3.63, 3.8) is 0 Å². The Kier molecular flexibility index (Phi) is 3.64. The molecule has 1 aromatic heterocycles. The average molecular weight is 284 g/mol. The first-order valence-corrected chi connectivity index (χ1v) is 6.57. The maximum Gasteiger partial charge on any atom is 0.269 e. The number of hydrogen-bond donors (Lipinski definition) is 0. The van der Waals surface area contributed by atoms with Crippen molar-refractivity contribution in [3.05, 3.63) is 70.9 Å². The number of halogens is 1. The largest absolute Gasteiger partial charge is 0.492 e. The minimum atomic E-state index is -0.307. The van der Waals surface area contributed by atoms with Crippen LogP contribution in [0.25, 0.3) is 11.0 Å². The van der Waals surface area contributed by atoms with E-state index in [0.717, 1.165) is 11.0 Å². The highest BCUT2D eigenvalue weighted by atomic mass is 19.1. The van der Waals surface area contributed by atoms with Crippen LogP contribution in [-0.2, 0) is 6.54 Å². The van der Waals surface area contributed by atoms with Gasteiger partial charge in [-0.1, -0.05) is 12.1 Å². The van der Waals surface area contributed by atoms with Gasteiger partial charge in [-0.2, -0.15) is 0 Å². The van der Waals surface area contributed by atoms with Crippen molar-refractivity contribution in [2.24, 2.45) is 0 Å². The van der Waals surface area contributed by atoms with Gasteiger partial charge in [0, 0.05) is 0 Å². The summed E-state index contributed by atoms with van der Waals surface area (Å²) in [7, 11) is 0. The standard InChI is InChI=1S/C16H13FN2O2/c17-12-5-7-13(8-6-12)21-10-9-19-15-4-2-1-3-14(15)18-11-16(19)20/h1-8,11H,9-10H2. The second kappa shape index (κ2) is 5.75. The molecule has 0 radical (unpaired) electrons. The van der Waals surface area contributed by atoms with E-state index >= 15 is 0 Å². The van der Waals surface area contributed by atoms with Gasteiger partial charge in [0.05, 0.1) is 23.8 Å². The number of hydrogen-bond acceptors (Lipinski definition) is 3. The van der Waals surface area contributed by atoms with Gasteiger partial charge in [-0.15, -0.1) is 0 Å². The van der Waals surface area contributed by atoms with Crippen LogP contribution in [0.5, 0.6) is 5.75 Å². The number of rotatable bonds is 4. The summed E-state index contributed by atoms with van der Waals surface area (Å²) < 4.78 is 19.9. The second-order valence-corrected chi connectivity index (χ2v) is 4.54. The van der Waals surface area contributed by atoms with Gasteiger partial charge < -0.3 is 9.30 Å². The summed E-state index contributed by atoms with van der Waals surface area (Å²) in [4.78, 5) is 16.0. The first-order chi connectivity index (χ1) is 10.2. The van der Waals surface area contributed by atoms with E-state index < -0.39 is 0 Å². The van der Waals surface area contributed by atoms with E-state index in [1.807, 2.05) is 24.3 Å². The van der Waals surface area contributed by atoms with Gasteiger partial charge in [0.25, 0.3) is 5.56 Å². The molecule has 0 aliphatic carbocycles. The van der Waals surface area contributed by atoms with Gasteiger partial charge >= 0.3 is 0 Å². The first kappa shape index (κ1) is 13.3. The maximum absolute atomic E-state index is 12.8. The molecule has 0 N–H and O–H groups in total. The van der Waals surface area contributed by atoms with E-state index in [2.05, 4.69) is 4.98 Å². The highest BCUT2D eigenvalue weighted by Crippen LogP contribution is 2.12. The number of fused-ring (bicyclic) bond motifs is 1. The predicted octanol–water partition coefficient (Wildman–Crippen LogP) is 2.61. The van der Waals surface area contributed by atoms with Crippen LogP contribution in [0.3, 0.4) is 0 Å². The van der Waals surface area contributed by atoms with Crippen molar-refractivity contribution in [1.82, 2.24) is 9.55 Å². The zero-order valence-corrected chi connectivity index (χ0v) is 11.2. The average Bonchev–Trinajstić information content (AvgIpc) is 2.51. The van der Waals surface area contributed by atoms with Gasteiger partial charge in [0.15, 0.2) is 0 Å². The minimum Gasteiger partial charge on any atom is -0.492 e. The topological polar surface area (TPSA) is 44.1 Å². The number of nitrogens with zero attached hydrogens (tertiary/aromatic N) is 2. The molecule has 2 aromatic carbocycles. The fourth-order valence-corrected chi connectivity index (χ4v) is 2.13. The molecule has 0 saturated heterocycles. The Balaban J connectivity index is 1.77. The first-order valence-electron chi connectivity index (χ1n) is 6.57. The van der Waals surface area contributed by atoms with Gasteiger partial charge in [-0.05, 0) is 36.4 Å². The third-order valence-corrected chi connectivity index (χ3v) is 3.15. The van der Waals surface area contributed by atoms with E-state index in [-0.39, 0.29) is 11.4 Å². The normalized spacial score (nSPS) is 10.7. The van der Waals surface area contributed by atoms with Gasteiger partial charge in [0.2, 0.25) is 0 Å². The Morgan fingerprint density at radius 3 is 2.67 bits per heavy atom. The van der Waals surface area contributed by atoms with E-state index in [9.17, 15) is 9.18 Å². The quantitative estimate of drug-likeness (QED) is 0.739. The van der Waals surface area contributed by atoms with Crippen LogP contribution in [0.15, 0.2) is 59.5 Å². The Morgan fingerprint density at radius 1 is 1.10 bits per heavy atom. The third-order valence-electron chi connectivity index (χ3n) is 3.15. The third kappa shape index (κ3) is 2.91. The van der Waals surface area contributed by atoms with Crippen LogP contribution in [0, 0.1) is 5.82 Å². The van der Waals surface area contributed by atoms with Crippen molar-refractivity contribution in [2.75, 3.05) is 6.61 Å². The van der Waals surface area contributed by atoms with Crippen LogP contribution in [0.2, 0.25) is 0 Å². The van der Waals surface area contributed by atoms with Gasteiger partial charge in [-0.3, -0.25) is 4.79 Å². The summed E-state index contributed by atoms with van der Waals surface area (Å²) in [6, 6.07) is 13.2. The molecule has 3 aromatic rings. The summed E-state index contributed by atoms with van der Waals surface area (Å²) in [5, 5.41) is 0. The van der Waals surface area contributed by atoms with Crippen LogP contribution in [0.1, 0.15) is 0 Å². The molecule has 0 aliphatic heterocycles. The van der Waals surface area contributed by atoms with Crippen molar-refractivity contribution in [2.45, 2.75) is 6.54 Å². The molecule has 0 unspecified atom stereocenters. The minimum absolute atomic E-state index is 0.170. The van der Waals surface area contributed by atoms with Crippen LogP contribution >= 0.6 is 0 Å². The fourth-order valence-electron chi connectivity index (χ4n) is 2.13. The van der Waals surface area contributed by atoms with Crippen molar-refractivity contribution >= 4 is 11.0 Å². The molecule has 3 rings (SSSR count). The Morgan fingerprint density at radius 2 is 1.86 bits per heavy atom.